The minimum Gasteiger partial charge on any atom is -0.302 e. The normalized spacial score (nSPS) is 13.3. The van der Waals surface area contributed by atoms with Crippen molar-refractivity contribution in [1.82, 2.24) is 4.98 Å². The first kappa shape index (κ1) is 25.3. The molecule has 0 saturated carbocycles. The number of Topliss-reactive ketones (excluding diaryl/α,β-unsaturated/α-hetero) is 1. The highest BCUT2D eigenvalue weighted by Crippen LogP contribution is 2.44. The molecule has 1 unspecified atom stereocenters. The van der Waals surface area contributed by atoms with Crippen LogP contribution in [0.4, 0.5) is 0 Å². The maximum atomic E-state index is 12.7. The van der Waals surface area contributed by atoms with Gasteiger partial charge in [-0.2, -0.15) is 0 Å². The number of unbranched alkanes of at least 4 members (excludes halogenated alkanes) is 3. The first-order chi connectivity index (χ1) is 15.9. The number of aromatic nitrogens is 1. The molecule has 3 aromatic rings. The fourth-order valence-corrected chi connectivity index (χ4v) is 4.77. The maximum absolute atomic E-state index is 12.7. The minimum atomic E-state index is -3.97. The molecular formula is C26H32NO5P. The highest BCUT2D eigenvalue weighted by atomic mass is 31.2. The van der Waals surface area contributed by atoms with Crippen molar-refractivity contribution >= 4 is 24.5 Å². The lowest BCUT2D eigenvalue weighted by Crippen LogP contribution is -2.05. The molecule has 1 N–H and O–H groups in total. The number of hydrogen-bond donors (Lipinski definition) is 1. The Bertz CT molecular complexity index is 1100. The molecule has 0 aliphatic rings. The van der Waals surface area contributed by atoms with Crippen molar-refractivity contribution in [3.8, 4) is 11.1 Å². The summed E-state index contributed by atoms with van der Waals surface area (Å²) in [4.78, 5) is 26.8. The number of phosphoric ester groups is 1. The van der Waals surface area contributed by atoms with Gasteiger partial charge in [-0.3, -0.25) is 18.8 Å². The first-order valence-electron chi connectivity index (χ1n) is 11.5. The Labute approximate surface area is 195 Å². The molecule has 33 heavy (non-hydrogen) atoms. The molecule has 0 spiro atoms. The molecule has 0 aliphatic heterocycles. The van der Waals surface area contributed by atoms with Crippen LogP contribution in [0.3, 0.4) is 0 Å². The number of carbonyl (C=O) groups is 1. The highest BCUT2D eigenvalue weighted by molar-refractivity contribution is 7.47. The Hall–Kier alpha value is -2.37. The summed E-state index contributed by atoms with van der Waals surface area (Å²) in [6, 6.07) is 18.1. The van der Waals surface area contributed by atoms with Crippen molar-refractivity contribution in [2.75, 3.05) is 6.61 Å². The summed E-state index contributed by atoms with van der Waals surface area (Å²) in [5.74, 6) is 0.186. The van der Waals surface area contributed by atoms with E-state index in [2.05, 4.69) is 23.2 Å². The lowest BCUT2D eigenvalue weighted by atomic mass is 9.93. The van der Waals surface area contributed by atoms with Gasteiger partial charge in [0.2, 0.25) is 0 Å². The summed E-state index contributed by atoms with van der Waals surface area (Å²) in [6.45, 7) is 3.53. The summed E-state index contributed by atoms with van der Waals surface area (Å²) in [5.41, 5.74) is 4.02. The van der Waals surface area contributed by atoms with E-state index >= 15 is 0 Å². The SMILES string of the molecule is CC(C)OP(=O)(O)OCCCCCCC(=O)Cc1cnc2ccccc2c1-c1ccccc1. The van der Waals surface area contributed by atoms with E-state index in [0.717, 1.165) is 46.9 Å². The topological polar surface area (TPSA) is 85.7 Å². The van der Waals surface area contributed by atoms with Gasteiger partial charge < -0.3 is 4.89 Å². The quantitative estimate of drug-likeness (QED) is 0.227. The zero-order valence-electron chi connectivity index (χ0n) is 19.3. The van der Waals surface area contributed by atoms with Crippen LogP contribution in [0.5, 0.6) is 0 Å². The van der Waals surface area contributed by atoms with E-state index in [1.165, 1.54) is 0 Å². The average molecular weight is 470 g/mol. The van der Waals surface area contributed by atoms with Crippen LogP contribution >= 0.6 is 7.82 Å². The van der Waals surface area contributed by atoms with Crippen molar-refractivity contribution in [2.24, 2.45) is 0 Å². The fourth-order valence-electron chi connectivity index (χ4n) is 3.82. The standard InChI is InChI=1S/C26H32NO5P/c1-20(2)32-33(29,30)31-17-11-4-3-8-14-23(28)18-22-19-27-25-16-10-9-15-24(25)26(22)21-12-6-5-7-13-21/h5-7,9-10,12-13,15-16,19-20H,3-4,8,11,14,17-18H2,1-2H3,(H,29,30). The molecule has 1 atom stereocenters. The number of benzene rings is 2. The molecule has 0 bridgehead atoms. The van der Waals surface area contributed by atoms with Crippen molar-refractivity contribution < 1.29 is 23.3 Å². The second kappa shape index (κ2) is 12.2. The molecule has 1 heterocycles. The molecule has 0 amide bonds. The Morgan fingerprint density at radius 2 is 1.70 bits per heavy atom. The lowest BCUT2D eigenvalue weighted by molar-refractivity contribution is -0.118. The summed E-state index contributed by atoms with van der Waals surface area (Å²) in [6.07, 6.45) is 5.41. The Kier molecular flexibility index (Phi) is 9.33. The molecular weight excluding hydrogens is 437 g/mol. The van der Waals surface area contributed by atoms with Crippen LogP contribution in [0.15, 0.2) is 60.8 Å². The van der Waals surface area contributed by atoms with E-state index in [1.807, 2.05) is 42.6 Å². The van der Waals surface area contributed by atoms with Gasteiger partial charge in [0.15, 0.2) is 0 Å². The highest BCUT2D eigenvalue weighted by Gasteiger charge is 2.22. The molecule has 3 rings (SSSR count). The third-order valence-electron chi connectivity index (χ3n) is 5.25. The first-order valence-corrected chi connectivity index (χ1v) is 12.9. The summed E-state index contributed by atoms with van der Waals surface area (Å²) in [7, 11) is -3.97. The minimum absolute atomic E-state index is 0.164. The average Bonchev–Trinajstić information content (AvgIpc) is 2.78. The van der Waals surface area contributed by atoms with Gasteiger partial charge in [0, 0.05) is 24.4 Å². The molecule has 7 heteroatoms. The van der Waals surface area contributed by atoms with Gasteiger partial charge in [-0.25, -0.2) is 4.57 Å². The molecule has 6 nitrogen and oxygen atoms in total. The van der Waals surface area contributed by atoms with Gasteiger partial charge in [0.1, 0.15) is 5.78 Å². The number of phosphoric acid groups is 1. The van der Waals surface area contributed by atoms with Crippen LogP contribution in [-0.4, -0.2) is 28.4 Å². The Morgan fingerprint density at radius 3 is 2.45 bits per heavy atom. The van der Waals surface area contributed by atoms with Crippen molar-refractivity contribution in [1.29, 1.82) is 0 Å². The van der Waals surface area contributed by atoms with Gasteiger partial charge in [0.05, 0.1) is 18.2 Å². The third kappa shape index (κ3) is 7.86. The predicted octanol–water partition coefficient (Wildman–Crippen LogP) is 6.51. The van der Waals surface area contributed by atoms with Gasteiger partial charge in [-0.05, 0) is 49.4 Å². The van der Waals surface area contributed by atoms with Gasteiger partial charge in [0.25, 0.3) is 0 Å². The molecule has 2 aromatic carbocycles. The van der Waals surface area contributed by atoms with E-state index in [9.17, 15) is 14.3 Å². The van der Waals surface area contributed by atoms with Crippen LogP contribution in [0.2, 0.25) is 0 Å². The molecule has 1 aromatic heterocycles. The number of para-hydroxylation sites is 1. The number of rotatable bonds is 13. The summed E-state index contributed by atoms with van der Waals surface area (Å²) in [5, 5.41) is 1.05. The second-order valence-electron chi connectivity index (χ2n) is 8.38. The van der Waals surface area contributed by atoms with E-state index in [1.54, 1.807) is 13.8 Å². The van der Waals surface area contributed by atoms with Gasteiger partial charge in [-0.15, -0.1) is 0 Å². The molecule has 176 valence electrons. The van der Waals surface area contributed by atoms with Crippen LogP contribution in [-0.2, 0) is 24.8 Å². The van der Waals surface area contributed by atoms with E-state index in [4.69, 9.17) is 9.05 Å². The number of ketones is 1. The Balaban J connectivity index is 1.51. The number of fused-ring (bicyclic) bond motifs is 1. The number of hydrogen-bond acceptors (Lipinski definition) is 5. The molecule has 0 fully saturated rings. The van der Waals surface area contributed by atoms with Crippen LogP contribution in [0.25, 0.3) is 22.0 Å². The van der Waals surface area contributed by atoms with Crippen LogP contribution in [0, 0.1) is 0 Å². The number of nitrogens with zero attached hydrogens (tertiary/aromatic N) is 1. The smallest absolute Gasteiger partial charge is 0.302 e. The van der Waals surface area contributed by atoms with Crippen LogP contribution in [0.1, 0.15) is 51.5 Å². The predicted molar refractivity (Wildman–Crippen MR) is 131 cm³/mol. The van der Waals surface area contributed by atoms with Crippen molar-refractivity contribution in [2.45, 2.75) is 58.5 Å². The fraction of sp³-hybridized carbons (Fsp3) is 0.385. The molecule has 0 saturated heterocycles. The number of pyridine rings is 1. The maximum Gasteiger partial charge on any atom is 0.472 e. The van der Waals surface area contributed by atoms with E-state index in [-0.39, 0.29) is 18.5 Å². The summed E-state index contributed by atoms with van der Waals surface area (Å²) >= 11 is 0. The third-order valence-corrected chi connectivity index (χ3v) is 6.45. The summed E-state index contributed by atoms with van der Waals surface area (Å²) < 4.78 is 21.5. The monoisotopic (exact) mass is 469 g/mol. The van der Waals surface area contributed by atoms with Crippen molar-refractivity contribution in [3.63, 3.8) is 0 Å². The molecule has 0 radical (unpaired) electrons. The van der Waals surface area contributed by atoms with Crippen LogP contribution < -0.4 is 0 Å². The van der Waals surface area contributed by atoms with Gasteiger partial charge >= 0.3 is 7.82 Å². The lowest BCUT2D eigenvalue weighted by Gasteiger charge is -2.14. The molecule has 0 aliphatic carbocycles. The van der Waals surface area contributed by atoms with Gasteiger partial charge in [-0.1, -0.05) is 61.4 Å². The zero-order chi connectivity index (χ0) is 23.7. The van der Waals surface area contributed by atoms with E-state index < -0.39 is 7.82 Å². The Morgan fingerprint density at radius 1 is 1.00 bits per heavy atom. The largest absolute Gasteiger partial charge is 0.472 e. The second-order valence-corrected chi connectivity index (χ2v) is 9.78. The zero-order valence-corrected chi connectivity index (χ0v) is 20.2. The van der Waals surface area contributed by atoms with E-state index in [0.29, 0.717) is 19.3 Å². The number of carbonyl (C=O) groups excluding carboxylic acids is 1. The van der Waals surface area contributed by atoms with Crippen molar-refractivity contribution in [3.05, 3.63) is 66.4 Å².